The SMILES string of the molecule is CCc1c2c(nc3ccc(OC(C)(C)C(=O)NNC(=O)OC(C)(C)C)cc13)-c1cc3c(c(=O)n1C2)COC(=O)[C@]3(O)CC. The van der Waals surface area contributed by atoms with E-state index < -0.39 is 34.8 Å². The van der Waals surface area contributed by atoms with E-state index in [1.165, 1.54) is 0 Å². The Kier molecular flexibility index (Phi) is 7.24. The van der Waals surface area contributed by atoms with Crippen LogP contribution in [0.1, 0.15) is 77.1 Å². The Bertz CT molecular complexity index is 1740. The van der Waals surface area contributed by atoms with Crippen LogP contribution in [-0.2, 0) is 44.2 Å². The van der Waals surface area contributed by atoms with E-state index in [4.69, 9.17) is 19.2 Å². The van der Waals surface area contributed by atoms with Crippen LogP contribution in [-0.4, -0.2) is 43.8 Å². The number of hydrogen-bond acceptors (Lipinski definition) is 9. The second-order valence-corrected chi connectivity index (χ2v) is 12.2. The number of hydrazine groups is 1. The number of amides is 2. The quantitative estimate of drug-likeness (QED) is 0.233. The van der Waals surface area contributed by atoms with E-state index in [0.717, 1.165) is 16.5 Å². The summed E-state index contributed by atoms with van der Waals surface area (Å²) < 4.78 is 18.0. The van der Waals surface area contributed by atoms with Gasteiger partial charge in [0.25, 0.3) is 11.5 Å². The molecule has 2 aliphatic rings. The third-order valence-electron chi connectivity index (χ3n) is 7.73. The van der Waals surface area contributed by atoms with Crippen molar-refractivity contribution in [2.24, 2.45) is 0 Å². The molecule has 0 saturated heterocycles. The van der Waals surface area contributed by atoms with Gasteiger partial charge in [-0.1, -0.05) is 13.8 Å². The number of fused-ring (bicyclic) bond motifs is 5. The minimum Gasteiger partial charge on any atom is -0.478 e. The predicted octanol–water partition coefficient (Wildman–Crippen LogP) is 3.36. The summed E-state index contributed by atoms with van der Waals surface area (Å²) in [5, 5.41) is 11.9. The van der Waals surface area contributed by atoms with Gasteiger partial charge in [-0.2, -0.15) is 0 Å². The normalized spacial score (nSPS) is 17.4. The molecule has 2 amide bonds. The van der Waals surface area contributed by atoms with Crippen molar-refractivity contribution in [3.63, 3.8) is 0 Å². The third-order valence-corrected chi connectivity index (χ3v) is 7.73. The van der Waals surface area contributed by atoms with E-state index in [1.54, 1.807) is 70.4 Å². The van der Waals surface area contributed by atoms with Crippen molar-refractivity contribution in [3.05, 3.63) is 56.9 Å². The van der Waals surface area contributed by atoms with E-state index in [1.807, 2.05) is 6.92 Å². The van der Waals surface area contributed by atoms with Gasteiger partial charge < -0.3 is 23.9 Å². The molecule has 0 fully saturated rings. The summed E-state index contributed by atoms with van der Waals surface area (Å²) in [4.78, 5) is 55.7. The average Bonchev–Trinajstić information content (AvgIpc) is 3.30. The zero-order chi connectivity index (χ0) is 31.5. The first-order chi connectivity index (χ1) is 20.1. The van der Waals surface area contributed by atoms with Gasteiger partial charge in [0.1, 0.15) is 18.0 Å². The Morgan fingerprint density at radius 1 is 1.09 bits per heavy atom. The monoisotopic (exact) mass is 592 g/mol. The molecule has 0 saturated carbocycles. The number of carbonyl (C=O) groups is 3. The molecular weight excluding hydrogens is 556 g/mol. The second-order valence-electron chi connectivity index (χ2n) is 12.2. The van der Waals surface area contributed by atoms with Gasteiger partial charge in [-0.15, -0.1) is 0 Å². The predicted molar refractivity (Wildman–Crippen MR) is 156 cm³/mol. The summed E-state index contributed by atoms with van der Waals surface area (Å²) in [5.74, 6) is -0.946. The van der Waals surface area contributed by atoms with Crippen LogP contribution >= 0.6 is 0 Å². The lowest BCUT2D eigenvalue weighted by atomic mass is 9.86. The van der Waals surface area contributed by atoms with Crippen molar-refractivity contribution in [2.45, 2.75) is 91.3 Å². The van der Waals surface area contributed by atoms with Crippen molar-refractivity contribution in [2.75, 3.05) is 0 Å². The molecule has 12 nitrogen and oxygen atoms in total. The van der Waals surface area contributed by atoms with Gasteiger partial charge in [0.15, 0.2) is 11.2 Å². The number of esters is 1. The maximum atomic E-state index is 13.6. The number of nitrogens with zero attached hydrogens (tertiary/aromatic N) is 2. The Balaban J connectivity index is 1.48. The van der Waals surface area contributed by atoms with Crippen LogP contribution in [0, 0.1) is 0 Å². The Hall–Kier alpha value is -4.45. The number of cyclic esters (lactones) is 1. The van der Waals surface area contributed by atoms with Crippen LogP contribution in [0.2, 0.25) is 0 Å². The number of hydrogen-bond donors (Lipinski definition) is 3. The summed E-state index contributed by atoms with van der Waals surface area (Å²) in [5.41, 5.74) is 4.39. The molecule has 0 bridgehead atoms. The first kappa shape index (κ1) is 30.0. The Morgan fingerprint density at radius 3 is 2.47 bits per heavy atom. The van der Waals surface area contributed by atoms with Crippen LogP contribution in [0.25, 0.3) is 22.3 Å². The topological polar surface area (TPSA) is 158 Å². The molecule has 4 heterocycles. The number of ether oxygens (including phenoxy) is 3. The van der Waals surface area contributed by atoms with Crippen molar-refractivity contribution in [1.82, 2.24) is 20.4 Å². The zero-order valence-corrected chi connectivity index (χ0v) is 25.3. The van der Waals surface area contributed by atoms with E-state index in [-0.39, 0.29) is 36.3 Å². The molecule has 5 rings (SSSR count). The fraction of sp³-hybridized carbons (Fsp3) is 0.452. The standard InChI is InChI=1S/C31H36N4O8/c1-8-17-18-12-16(42-30(6,7)26(37)33-34-28(39)43-29(3,4)5)10-11-22(18)32-24-19(17)14-35-23(24)13-21-20(25(35)36)15-41-27(38)31(21,40)9-2/h10-13,40H,8-9,14-15H2,1-7H3,(H,33,37)(H,34,39)/t31-/m0/s1. The fourth-order valence-electron chi connectivity index (χ4n) is 5.51. The lowest BCUT2D eigenvalue weighted by Gasteiger charge is -2.31. The number of aromatic nitrogens is 2. The van der Waals surface area contributed by atoms with Gasteiger partial charge in [-0.25, -0.2) is 20.0 Å². The molecule has 43 heavy (non-hydrogen) atoms. The summed E-state index contributed by atoms with van der Waals surface area (Å²) in [6.07, 6.45) is -0.111. The molecule has 2 aliphatic heterocycles. The highest BCUT2D eigenvalue weighted by Gasteiger charge is 2.45. The van der Waals surface area contributed by atoms with Gasteiger partial charge in [0.05, 0.1) is 29.0 Å². The summed E-state index contributed by atoms with van der Waals surface area (Å²) >= 11 is 0. The molecule has 2 aromatic heterocycles. The van der Waals surface area contributed by atoms with Crippen molar-refractivity contribution in [1.29, 1.82) is 0 Å². The first-order valence-electron chi connectivity index (χ1n) is 14.2. The Morgan fingerprint density at radius 2 is 1.81 bits per heavy atom. The highest BCUT2D eigenvalue weighted by molar-refractivity contribution is 5.90. The maximum Gasteiger partial charge on any atom is 0.426 e. The third kappa shape index (κ3) is 5.20. The number of aliphatic hydroxyl groups is 1. The highest BCUT2D eigenvalue weighted by atomic mass is 16.6. The fourth-order valence-corrected chi connectivity index (χ4v) is 5.51. The number of carbonyl (C=O) groups excluding carboxylic acids is 3. The Labute approximate surface area is 248 Å². The van der Waals surface area contributed by atoms with Crippen LogP contribution < -0.4 is 21.1 Å². The first-order valence-corrected chi connectivity index (χ1v) is 14.2. The number of benzene rings is 1. The van der Waals surface area contributed by atoms with Gasteiger partial charge in [0, 0.05) is 16.5 Å². The lowest BCUT2D eigenvalue weighted by Crippen LogP contribution is -2.53. The van der Waals surface area contributed by atoms with Crippen molar-refractivity contribution < 1.29 is 33.7 Å². The molecule has 0 aliphatic carbocycles. The lowest BCUT2D eigenvalue weighted by molar-refractivity contribution is -0.172. The van der Waals surface area contributed by atoms with E-state index >= 15 is 0 Å². The number of pyridine rings is 2. The maximum absolute atomic E-state index is 13.6. The molecule has 12 heteroatoms. The largest absolute Gasteiger partial charge is 0.478 e. The molecule has 3 N–H and O–H groups in total. The molecule has 1 atom stereocenters. The molecule has 1 aromatic carbocycles. The van der Waals surface area contributed by atoms with Gasteiger partial charge in [-0.3, -0.25) is 15.0 Å². The number of nitrogens with one attached hydrogen (secondary N) is 2. The molecule has 0 radical (unpaired) electrons. The zero-order valence-electron chi connectivity index (χ0n) is 25.3. The van der Waals surface area contributed by atoms with E-state index in [0.29, 0.717) is 29.1 Å². The van der Waals surface area contributed by atoms with E-state index in [2.05, 4.69) is 10.9 Å². The van der Waals surface area contributed by atoms with E-state index in [9.17, 15) is 24.3 Å². The van der Waals surface area contributed by atoms with Crippen LogP contribution in [0.5, 0.6) is 5.75 Å². The molecule has 3 aromatic rings. The number of aryl methyl sites for hydroxylation is 1. The summed E-state index contributed by atoms with van der Waals surface area (Å²) in [6, 6.07) is 6.96. The summed E-state index contributed by atoms with van der Waals surface area (Å²) in [6.45, 7) is 12.0. The molecule has 228 valence electrons. The van der Waals surface area contributed by atoms with Gasteiger partial charge in [-0.05, 0) is 77.3 Å². The van der Waals surface area contributed by atoms with Crippen LogP contribution in [0.3, 0.4) is 0 Å². The molecule has 0 spiro atoms. The van der Waals surface area contributed by atoms with Gasteiger partial charge >= 0.3 is 12.1 Å². The molecular formula is C31H36N4O8. The number of rotatable bonds is 5. The summed E-state index contributed by atoms with van der Waals surface area (Å²) in [7, 11) is 0. The van der Waals surface area contributed by atoms with Crippen LogP contribution in [0.15, 0.2) is 29.1 Å². The second kappa shape index (κ2) is 10.4. The van der Waals surface area contributed by atoms with Crippen molar-refractivity contribution >= 4 is 28.9 Å². The minimum atomic E-state index is -1.90. The van der Waals surface area contributed by atoms with Crippen LogP contribution in [0.4, 0.5) is 4.79 Å². The smallest absolute Gasteiger partial charge is 0.426 e. The highest BCUT2D eigenvalue weighted by Crippen LogP contribution is 2.41. The average molecular weight is 593 g/mol. The van der Waals surface area contributed by atoms with Gasteiger partial charge in [0.2, 0.25) is 0 Å². The van der Waals surface area contributed by atoms with Crippen molar-refractivity contribution in [3.8, 4) is 17.1 Å². The molecule has 0 unspecified atom stereocenters. The minimum absolute atomic E-state index is 0.0636.